The fourth-order valence-corrected chi connectivity index (χ4v) is 1.04. The van der Waals surface area contributed by atoms with Gasteiger partial charge in [-0.15, -0.1) is 0 Å². The normalized spacial score (nSPS) is 10.4. The summed E-state index contributed by atoms with van der Waals surface area (Å²) in [7, 11) is 0. The number of hydrogen-bond donors (Lipinski definition) is 2. The monoisotopic (exact) mass is 179 g/mol. The first-order chi connectivity index (χ1) is 6.29. The second-order valence-electron chi connectivity index (χ2n) is 3.27. The van der Waals surface area contributed by atoms with Crippen LogP contribution in [0.2, 0.25) is 0 Å². The zero-order valence-electron chi connectivity index (χ0n) is 8.25. The highest BCUT2D eigenvalue weighted by Crippen LogP contribution is 2.01. The molecule has 0 amide bonds. The van der Waals surface area contributed by atoms with Gasteiger partial charge in [-0.05, 0) is 12.1 Å². The highest BCUT2D eigenvalue weighted by molar-refractivity contribution is 5.40. The smallest absolute Gasteiger partial charge is 0.0371 e. The summed E-state index contributed by atoms with van der Waals surface area (Å²) in [5.41, 5.74) is 1.13. The van der Waals surface area contributed by atoms with Gasteiger partial charge in [-0.3, -0.25) is 4.98 Å². The van der Waals surface area contributed by atoms with Crippen LogP contribution in [0.5, 0.6) is 0 Å². The Bertz CT molecular complexity index is 221. The van der Waals surface area contributed by atoms with Crippen molar-refractivity contribution in [2.75, 3.05) is 18.4 Å². The summed E-state index contributed by atoms with van der Waals surface area (Å²) in [6.07, 6.45) is 3.58. The third kappa shape index (κ3) is 4.48. The van der Waals surface area contributed by atoms with Crippen molar-refractivity contribution in [3.8, 4) is 0 Å². The van der Waals surface area contributed by atoms with E-state index in [-0.39, 0.29) is 0 Å². The average molecular weight is 179 g/mol. The minimum atomic E-state index is 0.555. The van der Waals surface area contributed by atoms with Crippen molar-refractivity contribution in [3.05, 3.63) is 24.5 Å². The molecule has 72 valence electrons. The standard InChI is InChI=1S/C10H17N3/c1-9(2)12-7-8-13-10-3-5-11-6-4-10/h3-6,9,12H,7-8H2,1-2H3,(H,11,13). The molecule has 0 bridgehead atoms. The van der Waals surface area contributed by atoms with Gasteiger partial charge in [-0.1, -0.05) is 13.8 Å². The van der Waals surface area contributed by atoms with E-state index in [1.165, 1.54) is 0 Å². The Labute approximate surface area is 79.6 Å². The van der Waals surface area contributed by atoms with E-state index in [9.17, 15) is 0 Å². The van der Waals surface area contributed by atoms with E-state index in [1.54, 1.807) is 12.4 Å². The Morgan fingerprint density at radius 2 is 1.92 bits per heavy atom. The predicted molar refractivity (Wildman–Crippen MR) is 55.9 cm³/mol. The van der Waals surface area contributed by atoms with E-state index in [1.807, 2.05) is 12.1 Å². The average Bonchev–Trinajstić information content (AvgIpc) is 2.14. The number of anilines is 1. The number of aromatic nitrogens is 1. The van der Waals surface area contributed by atoms with E-state index in [2.05, 4.69) is 29.5 Å². The molecule has 0 aliphatic heterocycles. The Morgan fingerprint density at radius 3 is 2.54 bits per heavy atom. The number of nitrogens with zero attached hydrogens (tertiary/aromatic N) is 1. The molecule has 3 heteroatoms. The Kier molecular flexibility index (Phi) is 4.26. The Morgan fingerprint density at radius 1 is 1.23 bits per heavy atom. The molecular weight excluding hydrogens is 162 g/mol. The lowest BCUT2D eigenvalue weighted by Crippen LogP contribution is -2.28. The number of hydrogen-bond acceptors (Lipinski definition) is 3. The summed E-state index contributed by atoms with van der Waals surface area (Å²) in [6, 6.07) is 4.49. The summed E-state index contributed by atoms with van der Waals surface area (Å²) in [6.45, 7) is 6.22. The number of pyridine rings is 1. The summed E-state index contributed by atoms with van der Waals surface area (Å²) in [5, 5.41) is 6.64. The molecule has 0 aliphatic carbocycles. The molecule has 3 nitrogen and oxygen atoms in total. The molecule has 0 unspecified atom stereocenters. The molecule has 0 spiro atoms. The lowest BCUT2D eigenvalue weighted by molar-refractivity contribution is 0.602. The van der Waals surface area contributed by atoms with Crippen LogP contribution in [0.3, 0.4) is 0 Å². The molecule has 1 rings (SSSR count). The van der Waals surface area contributed by atoms with Crippen molar-refractivity contribution in [2.45, 2.75) is 19.9 Å². The zero-order valence-corrected chi connectivity index (χ0v) is 8.25. The summed E-state index contributed by atoms with van der Waals surface area (Å²) < 4.78 is 0. The second kappa shape index (κ2) is 5.54. The molecule has 1 heterocycles. The van der Waals surface area contributed by atoms with E-state index in [4.69, 9.17) is 0 Å². The Balaban J connectivity index is 2.13. The maximum absolute atomic E-state index is 3.95. The molecule has 0 radical (unpaired) electrons. The SMILES string of the molecule is CC(C)NCCNc1ccncc1. The van der Waals surface area contributed by atoms with Crippen molar-refractivity contribution >= 4 is 5.69 Å². The molecule has 0 atom stereocenters. The van der Waals surface area contributed by atoms with Crippen molar-refractivity contribution in [1.82, 2.24) is 10.3 Å². The van der Waals surface area contributed by atoms with E-state index < -0.39 is 0 Å². The van der Waals surface area contributed by atoms with Crippen LogP contribution in [0.25, 0.3) is 0 Å². The summed E-state index contributed by atoms with van der Waals surface area (Å²) in [4.78, 5) is 3.95. The van der Waals surface area contributed by atoms with E-state index in [0.29, 0.717) is 6.04 Å². The van der Waals surface area contributed by atoms with Gasteiger partial charge in [0, 0.05) is 37.2 Å². The fourth-order valence-electron chi connectivity index (χ4n) is 1.04. The van der Waals surface area contributed by atoms with Gasteiger partial charge in [0.1, 0.15) is 0 Å². The van der Waals surface area contributed by atoms with Gasteiger partial charge in [-0.2, -0.15) is 0 Å². The molecule has 1 aromatic rings. The fraction of sp³-hybridized carbons (Fsp3) is 0.500. The van der Waals surface area contributed by atoms with Crippen LogP contribution >= 0.6 is 0 Å². The molecule has 13 heavy (non-hydrogen) atoms. The second-order valence-corrected chi connectivity index (χ2v) is 3.27. The van der Waals surface area contributed by atoms with Crippen molar-refractivity contribution in [2.24, 2.45) is 0 Å². The molecule has 0 saturated carbocycles. The van der Waals surface area contributed by atoms with Crippen molar-refractivity contribution in [3.63, 3.8) is 0 Å². The number of rotatable bonds is 5. The van der Waals surface area contributed by atoms with Crippen LogP contribution in [-0.4, -0.2) is 24.1 Å². The summed E-state index contributed by atoms with van der Waals surface area (Å²) in [5.74, 6) is 0. The van der Waals surface area contributed by atoms with E-state index >= 15 is 0 Å². The molecular formula is C10H17N3. The van der Waals surface area contributed by atoms with Gasteiger partial charge >= 0.3 is 0 Å². The highest BCUT2D eigenvalue weighted by Gasteiger charge is 1.91. The molecule has 0 saturated heterocycles. The molecule has 1 aromatic heterocycles. The zero-order chi connectivity index (χ0) is 9.52. The molecule has 0 aliphatic rings. The van der Waals surface area contributed by atoms with Crippen LogP contribution in [0.15, 0.2) is 24.5 Å². The molecule has 2 N–H and O–H groups in total. The van der Waals surface area contributed by atoms with Gasteiger partial charge in [0.25, 0.3) is 0 Å². The summed E-state index contributed by atoms with van der Waals surface area (Å²) >= 11 is 0. The lowest BCUT2D eigenvalue weighted by Gasteiger charge is -2.09. The van der Waals surface area contributed by atoms with Crippen LogP contribution < -0.4 is 10.6 Å². The maximum Gasteiger partial charge on any atom is 0.0371 e. The predicted octanol–water partition coefficient (Wildman–Crippen LogP) is 1.49. The van der Waals surface area contributed by atoms with Crippen molar-refractivity contribution in [1.29, 1.82) is 0 Å². The third-order valence-corrected chi connectivity index (χ3v) is 1.69. The van der Waals surface area contributed by atoms with Crippen LogP contribution in [-0.2, 0) is 0 Å². The van der Waals surface area contributed by atoms with Crippen LogP contribution in [0.1, 0.15) is 13.8 Å². The third-order valence-electron chi connectivity index (χ3n) is 1.69. The first-order valence-electron chi connectivity index (χ1n) is 4.66. The topological polar surface area (TPSA) is 37.0 Å². The van der Waals surface area contributed by atoms with Gasteiger partial charge in [-0.25, -0.2) is 0 Å². The molecule has 0 aromatic carbocycles. The minimum Gasteiger partial charge on any atom is -0.384 e. The largest absolute Gasteiger partial charge is 0.384 e. The maximum atomic E-state index is 3.95. The number of nitrogens with one attached hydrogen (secondary N) is 2. The van der Waals surface area contributed by atoms with Gasteiger partial charge in [0.05, 0.1) is 0 Å². The van der Waals surface area contributed by atoms with Gasteiger partial charge < -0.3 is 10.6 Å². The highest BCUT2D eigenvalue weighted by atomic mass is 15.0. The molecule has 0 fully saturated rings. The lowest BCUT2D eigenvalue weighted by atomic mass is 10.4. The van der Waals surface area contributed by atoms with Crippen molar-refractivity contribution < 1.29 is 0 Å². The quantitative estimate of drug-likeness (QED) is 0.672. The van der Waals surface area contributed by atoms with Crippen LogP contribution in [0.4, 0.5) is 5.69 Å². The van der Waals surface area contributed by atoms with Gasteiger partial charge in [0.15, 0.2) is 0 Å². The first-order valence-corrected chi connectivity index (χ1v) is 4.66. The first kappa shape index (κ1) is 9.99. The van der Waals surface area contributed by atoms with Crippen LogP contribution in [0, 0.1) is 0 Å². The Hall–Kier alpha value is -1.09. The minimum absolute atomic E-state index is 0.555. The van der Waals surface area contributed by atoms with Gasteiger partial charge in [0.2, 0.25) is 0 Å². The van der Waals surface area contributed by atoms with E-state index in [0.717, 1.165) is 18.8 Å².